The van der Waals surface area contributed by atoms with Gasteiger partial charge in [-0.2, -0.15) is 0 Å². The molecule has 0 aliphatic heterocycles. The fraction of sp³-hybridized carbons (Fsp3) is 0.444. The van der Waals surface area contributed by atoms with Gasteiger partial charge in [0.05, 0.1) is 6.54 Å². The fourth-order valence-electron chi connectivity index (χ4n) is 1.18. The van der Waals surface area contributed by atoms with E-state index in [0.717, 1.165) is 10.7 Å². The van der Waals surface area contributed by atoms with Gasteiger partial charge in [-0.1, -0.05) is 5.10 Å². The number of thiazole rings is 1. The maximum absolute atomic E-state index is 5.38. The van der Waals surface area contributed by atoms with E-state index in [9.17, 15) is 0 Å². The first kappa shape index (κ1) is 11.0. The Morgan fingerprint density at radius 2 is 2.38 bits per heavy atom. The molecular weight excluding hydrogens is 226 g/mol. The van der Waals surface area contributed by atoms with E-state index in [1.165, 1.54) is 0 Å². The Kier molecular flexibility index (Phi) is 3.47. The number of hydrogen-bond acceptors (Lipinski definition) is 7. The average molecular weight is 239 g/mol. The predicted octanol–water partition coefficient (Wildman–Crippen LogP) is 0.948. The van der Waals surface area contributed by atoms with Gasteiger partial charge in [0.1, 0.15) is 5.01 Å². The highest BCUT2D eigenvalue weighted by atomic mass is 32.1. The largest absolute Gasteiger partial charge is 0.408 e. The number of nitrogens with two attached hydrogens (primary N) is 1. The number of anilines is 1. The SMILES string of the molecule is Cc1csc(CNc2nnc(CCN)o2)n1. The van der Waals surface area contributed by atoms with Crippen molar-refractivity contribution in [2.45, 2.75) is 19.9 Å². The summed E-state index contributed by atoms with van der Waals surface area (Å²) in [6.45, 7) is 3.07. The van der Waals surface area contributed by atoms with Crippen molar-refractivity contribution in [3.8, 4) is 0 Å². The van der Waals surface area contributed by atoms with Gasteiger partial charge in [-0.25, -0.2) is 4.98 Å². The third kappa shape index (κ3) is 2.77. The summed E-state index contributed by atoms with van der Waals surface area (Å²) in [4.78, 5) is 4.32. The quantitative estimate of drug-likeness (QED) is 0.807. The Balaban J connectivity index is 1.89. The van der Waals surface area contributed by atoms with Gasteiger partial charge >= 0.3 is 6.01 Å². The van der Waals surface area contributed by atoms with E-state index in [1.54, 1.807) is 11.3 Å². The molecule has 0 radical (unpaired) electrons. The van der Waals surface area contributed by atoms with Crippen molar-refractivity contribution >= 4 is 17.4 Å². The summed E-state index contributed by atoms with van der Waals surface area (Å²) in [5.41, 5.74) is 6.41. The Hall–Kier alpha value is -1.47. The van der Waals surface area contributed by atoms with E-state index in [-0.39, 0.29) is 0 Å². The van der Waals surface area contributed by atoms with Crippen LogP contribution in [0.25, 0.3) is 0 Å². The van der Waals surface area contributed by atoms with Crippen LogP contribution in [0.5, 0.6) is 0 Å². The normalized spacial score (nSPS) is 10.6. The molecule has 7 heteroatoms. The van der Waals surface area contributed by atoms with Crippen LogP contribution >= 0.6 is 11.3 Å². The Bertz CT molecular complexity index is 452. The highest BCUT2D eigenvalue weighted by molar-refractivity contribution is 7.09. The molecule has 0 saturated carbocycles. The molecular formula is C9H13N5OS. The lowest BCUT2D eigenvalue weighted by Crippen LogP contribution is -2.02. The second-order valence-electron chi connectivity index (χ2n) is 3.28. The van der Waals surface area contributed by atoms with E-state index < -0.39 is 0 Å². The lowest BCUT2D eigenvalue weighted by Gasteiger charge is -1.96. The lowest BCUT2D eigenvalue weighted by molar-refractivity contribution is 0.505. The van der Waals surface area contributed by atoms with Crippen molar-refractivity contribution in [2.24, 2.45) is 5.73 Å². The van der Waals surface area contributed by atoms with Crippen LogP contribution in [-0.2, 0) is 13.0 Å². The Morgan fingerprint density at radius 3 is 3.06 bits per heavy atom. The topological polar surface area (TPSA) is 89.9 Å². The predicted molar refractivity (Wildman–Crippen MR) is 61.2 cm³/mol. The summed E-state index contributed by atoms with van der Waals surface area (Å²) in [6, 6.07) is 0.413. The molecule has 0 atom stereocenters. The fourth-order valence-corrected chi connectivity index (χ4v) is 1.90. The smallest absolute Gasteiger partial charge is 0.315 e. The minimum atomic E-state index is 0.413. The molecule has 0 fully saturated rings. The van der Waals surface area contributed by atoms with Gasteiger partial charge in [0.25, 0.3) is 0 Å². The summed E-state index contributed by atoms with van der Waals surface area (Å²) >= 11 is 1.60. The molecule has 0 aromatic carbocycles. The van der Waals surface area contributed by atoms with Crippen molar-refractivity contribution in [2.75, 3.05) is 11.9 Å². The van der Waals surface area contributed by atoms with E-state index >= 15 is 0 Å². The summed E-state index contributed by atoms with van der Waals surface area (Å²) < 4.78 is 5.32. The van der Waals surface area contributed by atoms with Crippen molar-refractivity contribution < 1.29 is 4.42 Å². The third-order valence-electron chi connectivity index (χ3n) is 1.88. The number of aromatic nitrogens is 3. The van der Waals surface area contributed by atoms with E-state index in [4.69, 9.17) is 10.2 Å². The third-order valence-corrected chi connectivity index (χ3v) is 2.85. The average Bonchev–Trinajstić information content (AvgIpc) is 2.85. The van der Waals surface area contributed by atoms with Crippen LogP contribution in [-0.4, -0.2) is 21.7 Å². The number of nitrogens with one attached hydrogen (secondary N) is 1. The first-order valence-electron chi connectivity index (χ1n) is 4.95. The molecule has 0 aliphatic rings. The molecule has 2 heterocycles. The molecule has 0 unspecified atom stereocenters. The summed E-state index contributed by atoms with van der Waals surface area (Å²) in [5, 5.41) is 13.7. The summed E-state index contributed by atoms with van der Waals surface area (Å²) in [6.07, 6.45) is 0.602. The van der Waals surface area contributed by atoms with Gasteiger partial charge in [0.2, 0.25) is 5.89 Å². The Morgan fingerprint density at radius 1 is 1.50 bits per heavy atom. The van der Waals surface area contributed by atoms with Crippen molar-refractivity contribution in [1.82, 2.24) is 15.2 Å². The molecule has 2 aromatic rings. The molecule has 0 saturated heterocycles. The van der Waals surface area contributed by atoms with Crippen molar-refractivity contribution in [3.05, 3.63) is 22.0 Å². The highest BCUT2D eigenvalue weighted by Crippen LogP contribution is 2.11. The molecule has 0 aliphatic carbocycles. The zero-order valence-electron chi connectivity index (χ0n) is 8.93. The highest BCUT2D eigenvalue weighted by Gasteiger charge is 2.05. The number of nitrogens with zero attached hydrogens (tertiary/aromatic N) is 3. The number of rotatable bonds is 5. The maximum atomic E-state index is 5.38. The monoisotopic (exact) mass is 239 g/mol. The molecule has 0 spiro atoms. The van der Waals surface area contributed by atoms with E-state index in [0.29, 0.717) is 31.4 Å². The zero-order valence-corrected chi connectivity index (χ0v) is 9.75. The minimum Gasteiger partial charge on any atom is -0.408 e. The van der Waals surface area contributed by atoms with Crippen LogP contribution in [0.1, 0.15) is 16.6 Å². The van der Waals surface area contributed by atoms with Crippen LogP contribution in [0, 0.1) is 6.92 Å². The van der Waals surface area contributed by atoms with Crippen LogP contribution < -0.4 is 11.1 Å². The van der Waals surface area contributed by atoms with Gasteiger partial charge in [0.15, 0.2) is 0 Å². The molecule has 2 aromatic heterocycles. The van der Waals surface area contributed by atoms with Gasteiger partial charge in [-0.3, -0.25) is 0 Å². The molecule has 2 rings (SSSR count). The Labute approximate surface area is 96.9 Å². The lowest BCUT2D eigenvalue weighted by atomic mass is 10.4. The van der Waals surface area contributed by atoms with Crippen LogP contribution in [0.15, 0.2) is 9.80 Å². The molecule has 3 N–H and O–H groups in total. The van der Waals surface area contributed by atoms with Crippen LogP contribution in [0.3, 0.4) is 0 Å². The van der Waals surface area contributed by atoms with Crippen molar-refractivity contribution in [1.29, 1.82) is 0 Å². The molecule has 0 amide bonds. The standard InChI is InChI=1S/C9H13N5OS/c1-6-5-16-8(12-6)4-11-9-14-13-7(15-9)2-3-10/h5H,2-4,10H2,1H3,(H,11,14). The van der Waals surface area contributed by atoms with Gasteiger partial charge in [0, 0.05) is 24.0 Å². The number of hydrogen-bond donors (Lipinski definition) is 2. The van der Waals surface area contributed by atoms with Crippen LogP contribution in [0.2, 0.25) is 0 Å². The van der Waals surface area contributed by atoms with Crippen molar-refractivity contribution in [3.63, 3.8) is 0 Å². The molecule has 0 bridgehead atoms. The van der Waals surface area contributed by atoms with Crippen LogP contribution in [0.4, 0.5) is 6.01 Å². The zero-order chi connectivity index (χ0) is 11.4. The van der Waals surface area contributed by atoms with Gasteiger partial charge in [-0.15, -0.1) is 16.4 Å². The summed E-state index contributed by atoms with van der Waals surface area (Å²) in [7, 11) is 0. The van der Waals surface area contributed by atoms with E-state index in [2.05, 4.69) is 20.5 Å². The first-order valence-corrected chi connectivity index (χ1v) is 5.83. The molecule has 86 valence electrons. The van der Waals surface area contributed by atoms with Gasteiger partial charge < -0.3 is 15.5 Å². The second kappa shape index (κ2) is 5.04. The molecule has 6 nitrogen and oxygen atoms in total. The van der Waals surface area contributed by atoms with E-state index in [1.807, 2.05) is 12.3 Å². The maximum Gasteiger partial charge on any atom is 0.315 e. The molecule has 16 heavy (non-hydrogen) atoms. The number of aryl methyl sites for hydroxylation is 1. The minimum absolute atomic E-state index is 0.413. The van der Waals surface area contributed by atoms with Gasteiger partial charge in [-0.05, 0) is 6.92 Å². The first-order chi connectivity index (χ1) is 7.78. The summed E-state index contributed by atoms with van der Waals surface area (Å²) in [5.74, 6) is 0.556. The second-order valence-corrected chi connectivity index (χ2v) is 4.22.